The molecule has 2 N–H and O–H groups in total. The smallest absolute Gasteiger partial charge is 0.433 e. The van der Waals surface area contributed by atoms with Gasteiger partial charge in [0.1, 0.15) is 23.1 Å². The van der Waals surface area contributed by atoms with Crippen LogP contribution in [-0.2, 0) is 28.8 Å². The molecule has 0 aliphatic rings. The number of pyridine rings is 1. The molecule has 3 rings (SSSR count). The van der Waals surface area contributed by atoms with E-state index in [2.05, 4.69) is 15.6 Å². The van der Waals surface area contributed by atoms with Gasteiger partial charge in [0.15, 0.2) is 0 Å². The number of carbonyl (C=O) groups excluding carboxylic acids is 1. The van der Waals surface area contributed by atoms with E-state index >= 15 is 0 Å². The third-order valence-corrected chi connectivity index (χ3v) is 5.90. The summed E-state index contributed by atoms with van der Waals surface area (Å²) in [6, 6.07) is 10.4. The maximum Gasteiger partial charge on any atom is 0.433 e. The quantitative estimate of drug-likeness (QED) is 0.325. The van der Waals surface area contributed by atoms with Crippen molar-refractivity contribution >= 4 is 34.4 Å². The minimum atomic E-state index is -4.71. The number of benzene rings is 2. The number of amides is 1. The lowest BCUT2D eigenvalue weighted by atomic mass is 9.99. The third-order valence-electron chi connectivity index (χ3n) is 5.26. The largest absolute Gasteiger partial charge is 0.755 e. The average Bonchev–Trinajstić information content (AvgIpc) is 2.82. The van der Waals surface area contributed by atoms with Crippen molar-refractivity contribution in [1.82, 2.24) is 10.3 Å². The molecular weight excluding hydrogens is 507 g/mol. The fourth-order valence-corrected chi connectivity index (χ4v) is 3.49. The number of hydrogen-bond donors (Lipinski definition) is 2. The number of hydrogen-bond acceptors (Lipinski definition) is 5. The maximum atomic E-state index is 14.4. The molecule has 2 aromatic carbocycles. The molecule has 1 aromatic heterocycles. The first kappa shape index (κ1) is 27.0. The summed E-state index contributed by atoms with van der Waals surface area (Å²) >= 11 is -2.68. The van der Waals surface area contributed by atoms with Gasteiger partial charge in [-0.2, -0.15) is 13.2 Å². The van der Waals surface area contributed by atoms with Crippen molar-refractivity contribution in [2.75, 3.05) is 16.7 Å². The summed E-state index contributed by atoms with van der Waals surface area (Å²) in [6.45, 7) is 1.28. The topological polar surface area (TPSA) is 97.4 Å². The Bertz CT molecular complexity index is 1270. The van der Waals surface area contributed by atoms with E-state index in [0.29, 0.717) is 4.31 Å². The predicted octanol–water partition coefficient (Wildman–Crippen LogP) is 4.77. The fourth-order valence-electron chi connectivity index (χ4n) is 3.18. The second-order valence-electron chi connectivity index (χ2n) is 7.70. The zero-order chi connectivity index (χ0) is 26.6. The van der Waals surface area contributed by atoms with E-state index in [1.54, 1.807) is 0 Å². The lowest BCUT2D eigenvalue weighted by molar-refractivity contribution is -0.141. The Morgan fingerprint density at radius 3 is 2.36 bits per heavy atom. The first-order valence-corrected chi connectivity index (χ1v) is 11.4. The highest BCUT2D eigenvalue weighted by Gasteiger charge is 2.33. The summed E-state index contributed by atoms with van der Waals surface area (Å²) in [4.78, 5) is 16.3. The number of alkyl halides is 3. The molecule has 192 valence electrons. The van der Waals surface area contributed by atoms with Crippen LogP contribution in [0.15, 0.2) is 54.6 Å². The number of rotatable bonds is 8. The van der Waals surface area contributed by atoms with E-state index in [4.69, 9.17) is 0 Å². The summed E-state index contributed by atoms with van der Waals surface area (Å²) in [5, 5.41) is 5.27. The number of nitrogens with one attached hydrogen (secondary N) is 2. The molecule has 3 aromatic rings. The molecule has 7 nitrogen and oxygen atoms in total. The Kier molecular flexibility index (Phi) is 8.25. The van der Waals surface area contributed by atoms with E-state index < -0.39 is 46.6 Å². The summed E-state index contributed by atoms with van der Waals surface area (Å²) in [6.07, 6.45) is -4.71. The van der Waals surface area contributed by atoms with Gasteiger partial charge >= 0.3 is 6.18 Å². The molecule has 0 radical (unpaired) electrons. The van der Waals surface area contributed by atoms with Gasteiger partial charge in [-0.1, -0.05) is 12.1 Å². The van der Waals surface area contributed by atoms with Gasteiger partial charge in [-0.15, -0.1) is 0 Å². The molecule has 0 spiro atoms. The molecule has 0 saturated carbocycles. The number of anilines is 3. The summed E-state index contributed by atoms with van der Waals surface area (Å²) < 4.78 is 89.9. The third kappa shape index (κ3) is 6.55. The van der Waals surface area contributed by atoms with Gasteiger partial charge in [-0.05, 0) is 55.0 Å². The maximum absolute atomic E-state index is 14.4. The molecule has 1 amide bonds. The van der Waals surface area contributed by atoms with Gasteiger partial charge in [-0.3, -0.25) is 9.00 Å². The van der Waals surface area contributed by atoms with Crippen LogP contribution in [0.25, 0.3) is 0 Å². The monoisotopic (exact) mass is 527 g/mol. The molecule has 0 aliphatic heterocycles. The van der Waals surface area contributed by atoms with Gasteiger partial charge in [-0.25, -0.2) is 13.8 Å². The predicted molar refractivity (Wildman–Crippen MR) is 123 cm³/mol. The van der Waals surface area contributed by atoms with Gasteiger partial charge in [0.2, 0.25) is 5.91 Å². The van der Waals surface area contributed by atoms with E-state index in [9.17, 15) is 35.5 Å². The van der Waals surface area contributed by atoms with E-state index in [-0.39, 0.29) is 34.9 Å². The zero-order valence-electron chi connectivity index (χ0n) is 18.9. The van der Waals surface area contributed by atoms with Gasteiger partial charge in [0, 0.05) is 36.1 Å². The van der Waals surface area contributed by atoms with Crippen LogP contribution in [-0.4, -0.2) is 26.7 Å². The fraction of sp³-hybridized carbons (Fsp3) is 0.217. The number of nitrogens with zero attached hydrogens (tertiary/aromatic N) is 2. The van der Waals surface area contributed by atoms with Crippen LogP contribution < -0.4 is 14.9 Å². The highest BCUT2D eigenvalue weighted by Crippen LogP contribution is 2.31. The molecule has 2 atom stereocenters. The van der Waals surface area contributed by atoms with Crippen LogP contribution in [0.2, 0.25) is 0 Å². The van der Waals surface area contributed by atoms with E-state index in [1.807, 2.05) is 0 Å². The van der Waals surface area contributed by atoms with Crippen molar-refractivity contribution in [2.45, 2.75) is 25.6 Å². The van der Waals surface area contributed by atoms with Crippen molar-refractivity contribution in [3.8, 4) is 0 Å². The molecule has 36 heavy (non-hydrogen) atoms. The van der Waals surface area contributed by atoms with Crippen molar-refractivity contribution in [1.29, 1.82) is 0 Å². The molecule has 1 heterocycles. The minimum absolute atomic E-state index is 0.187. The lowest BCUT2D eigenvalue weighted by Gasteiger charge is -2.22. The van der Waals surface area contributed by atoms with Crippen LogP contribution in [0.5, 0.6) is 0 Å². The molecule has 0 bridgehead atoms. The molecular formula is C23H20F5N4O3S-. The first-order valence-electron chi connectivity index (χ1n) is 10.4. The highest BCUT2D eigenvalue weighted by molar-refractivity contribution is 7.80. The van der Waals surface area contributed by atoms with Gasteiger partial charge in [0.05, 0.1) is 11.6 Å². The Labute approximate surface area is 205 Å². The molecule has 2 unspecified atom stereocenters. The molecule has 0 saturated heterocycles. The Balaban J connectivity index is 1.78. The second kappa shape index (κ2) is 11.0. The van der Waals surface area contributed by atoms with E-state index in [0.717, 1.165) is 37.4 Å². The van der Waals surface area contributed by atoms with Crippen LogP contribution in [0.4, 0.5) is 39.1 Å². The van der Waals surface area contributed by atoms with Crippen molar-refractivity contribution in [2.24, 2.45) is 0 Å². The molecule has 0 aliphatic carbocycles. The lowest BCUT2D eigenvalue weighted by Crippen LogP contribution is -2.28. The van der Waals surface area contributed by atoms with Crippen LogP contribution >= 0.6 is 0 Å². The number of aromatic nitrogens is 1. The van der Waals surface area contributed by atoms with E-state index in [1.165, 1.54) is 31.2 Å². The van der Waals surface area contributed by atoms with Crippen molar-refractivity contribution < 1.29 is 35.5 Å². The normalized spacial score (nSPS) is 13.1. The Hall–Kier alpha value is -3.58. The number of carbonyl (C=O) groups is 1. The zero-order valence-corrected chi connectivity index (χ0v) is 19.7. The Morgan fingerprint density at radius 2 is 1.78 bits per heavy atom. The minimum Gasteiger partial charge on any atom is -0.755 e. The Morgan fingerprint density at radius 1 is 1.11 bits per heavy atom. The van der Waals surface area contributed by atoms with Gasteiger partial charge in [0.25, 0.3) is 0 Å². The van der Waals surface area contributed by atoms with Gasteiger partial charge < -0.3 is 19.5 Å². The average molecular weight is 527 g/mol. The SMILES string of the molecule is CC(C(=O)NCc1ccc(C(F)(F)F)nc1Nc1ccc(F)cc1)c1ccc(N(C)S(=O)[O-])c(F)c1. The van der Waals surface area contributed by atoms with Crippen molar-refractivity contribution in [3.63, 3.8) is 0 Å². The van der Waals surface area contributed by atoms with Crippen LogP contribution in [0.3, 0.4) is 0 Å². The number of halogens is 5. The summed E-state index contributed by atoms with van der Waals surface area (Å²) in [5.41, 5.74) is -0.603. The van der Waals surface area contributed by atoms with Crippen LogP contribution in [0.1, 0.15) is 29.7 Å². The first-order chi connectivity index (χ1) is 16.9. The summed E-state index contributed by atoms with van der Waals surface area (Å²) in [7, 11) is 1.16. The van der Waals surface area contributed by atoms with Crippen LogP contribution in [0, 0.1) is 11.6 Å². The molecule has 0 fully saturated rings. The van der Waals surface area contributed by atoms with Crippen molar-refractivity contribution in [3.05, 3.63) is 83.1 Å². The standard InChI is InChI=1S/C23H21F5N4O3S/c1-13(14-3-9-19(18(25)11-14)32(2)36(34)35)22(33)29-12-15-4-10-20(23(26,27)28)31-21(15)30-17-7-5-16(24)6-8-17/h3-11,13H,12H2,1-2H3,(H,29,33)(H,30,31)(H,34,35)/p-1. The highest BCUT2D eigenvalue weighted by atomic mass is 32.2. The summed E-state index contributed by atoms with van der Waals surface area (Å²) in [5.74, 6) is -3.00. The molecule has 13 heteroatoms. The second-order valence-corrected chi connectivity index (χ2v) is 8.68.